The SMILES string of the molecule is CCNC(=NCc1ccccc1F)NCCc1c(C)nn(C)c1C. The molecule has 24 heavy (non-hydrogen) atoms. The van der Waals surface area contributed by atoms with E-state index in [0.717, 1.165) is 25.2 Å². The number of aromatic nitrogens is 2. The first kappa shape index (κ1) is 18.0. The van der Waals surface area contributed by atoms with Crippen molar-refractivity contribution in [2.24, 2.45) is 12.0 Å². The van der Waals surface area contributed by atoms with Gasteiger partial charge in [0.2, 0.25) is 0 Å². The molecule has 6 heteroatoms. The third-order valence-corrected chi connectivity index (χ3v) is 4.04. The second kappa shape index (κ2) is 8.47. The normalized spacial score (nSPS) is 11.6. The van der Waals surface area contributed by atoms with Crippen LogP contribution in [0, 0.1) is 19.7 Å². The van der Waals surface area contributed by atoms with Gasteiger partial charge in [-0.05, 0) is 38.8 Å². The Morgan fingerprint density at radius 2 is 2.00 bits per heavy atom. The third kappa shape index (κ3) is 4.57. The average Bonchev–Trinajstić information content (AvgIpc) is 2.80. The van der Waals surface area contributed by atoms with Crippen LogP contribution < -0.4 is 10.6 Å². The van der Waals surface area contributed by atoms with Crippen LogP contribution in [0.5, 0.6) is 0 Å². The Kier molecular flexibility index (Phi) is 6.35. The second-order valence-electron chi connectivity index (χ2n) is 5.74. The van der Waals surface area contributed by atoms with Crippen molar-refractivity contribution >= 4 is 5.96 Å². The molecule has 1 aromatic heterocycles. The van der Waals surface area contributed by atoms with Crippen molar-refractivity contribution in [3.05, 3.63) is 52.6 Å². The van der Waals surface area contributed by atoms with E-state index in [1.54, 1.807) is 12.1 Å². The number of hydrogen-bond acceptors (Lipinski definition) is 2. The second-order valence-corrected chi connectivity index (χ2v) is 5.74. The molecule has 5 nitrogen and oxygen atoms in total. The molecule has 0 unspecified atom stereocenters. The quantitative estimate of drug-likeness (QED) is 0.631. The molecule has 2 N–H and O–H groups in total. The van der Waals surface area contributed by atoms with Crippen LogP contribution in [0.15, 0.2) is 29.3 Å². The van der Waals surface area contributed by atoms with Crippen molar-refractivity contribution in [3.8, 4) is 0 Å². The van der Waals surface area contributed by atoms with Gasteiger partial charge in [0.15, 0.2) is 5.96 Å². The lowest BCUT2D eigenvalue weighted by molar-refractivity contribution is 0.610. The fourth-order valence-corrected chi connectivity index (χ4v) is 2.62. The van der Waals surface area contributed by atoms with Gasteiger partial charge in [0.05, 0.1) is 12.2 Å². The van der Waals surface area contributed by atoms with Crippen LogP contribution in [0.3, 0.4) is 0 Å². The monoisotopic (exact) mass is 331 g/mol. The maximum Gasteiger partial charge on any atom is 0.191 e. The molecule has 130 valence electrons. The zero-order chi connectivity index (χ0) is 17.5. The minimum Gasteiger partial charge on any atom is -0.357 e. The zero-order valence-corrected chi connectivity index (χ0v) is 14.9. The summed E-state index contributed by atoms with van der Waals surface area (Å²) in [6.45, 7) is 7.93. The van der Waals surface area contributed by atoms with Gasteiger partial charge in [0, 0.05) is 31.4 Å². The fraction of sp³-hybridized carbons (Fsp3) is 0.444. The number of hydrogen-bond donors (Lipinski definition) is 2. The molecule has 2 aromatic rings. The Labute approximate surface area is 143 Å². The molecule has 0 spiro atoms. The molecule has 1 heterocycles. The maximum atomic E-state index is 13.7. The Bertz CT molecular complexity index is 705. The summed E-state index contributed by atoms with van der Waals surface area (Å²) in [6, 6.07) is 6.72. The van der Waals surface area contributed by atoms with Gasteiger partial charge in [0.1, 0.15) is 5.82 Å². The van der Waals surface area contributed by atoms with Crippen molar-refractivity contribution in [2.45, 2.75) is 33.7 Å². The number of halogens is 1. The van der Waals surface area contributed by atoms with Crippen LogP contribution in [0.2, 0.25) is 0 Å². The molecule has 0 atom stereocenters. The Hall–Kier alpha value is -2.37. The molecule has 0 amide bonds. The summed E-state index contributed by atoms with van der Waals surface area (Å²) in [5.74, 6) is 0.471. The molecule has 0 aliphatic heterocycles. The Balaban J connectivity index is 1.96. The van der Waals surface area contributed by atoms with E-state index in [9.17, 15) is 4.39 Å². The molecule has 2 rings (SSSR count). The molecule has 0 radical (unpaired) electrons. The standard InChI is InChI=1S/C18H26FN5/c1-5-20-18(22-12-15-8-6-7-9-17(15)19)21-11-10-16-13(2)23-24(4)14(16)3/h6-9H,5,10-12H2,1-4H3,(H2,20,21,22). The van der Waals surface area contributed by atoms with Gasteiger partial charge < -0.3 is 10.6 Å². The lowest BCUT2D eigenvalue weighted by Gasteiger charge is -2.11. The molecule has 0 saturated heterocycles. The maximum absolute atomic E-state index is 13.7. The third-order valence-electron chi connectivity index (χ3n) is 4.04. The van der Waals surface area contributed by atoms with Crippen LogP contribution in [-0.2, 0) is 20.0 Å². The topological polar surface area (TPSA) is 54.2 Å². The van der Waals surface area contributed by atoms with E-state index in [1.807, 2.05) is 31.6 Å². The molecule has 0 aliphatic rings. The van der Waals surface area contributed by atoms with Crippen molar-refractivity contribution < 1.29 is 4.39 Å². The zero-order valence-electron chi connectivity index (χ0n) is 14.9. The van der Waals surface area contributed by atoms with Gasteiger partial charge in [-0.1, -0.05) is 18.2 Å². The highest BCUT2D eigenvalue weighted by molar-refractivity contribution is 5.79. The first-order valence-electron chi connectivity index (χ1n) is 8.27. The predicted molar refractivity (Wildman–Crippen MR) is 95.6 cm³/mol. The first-order valence-corrected chi connectivity index (χ1v) is 8.27. The smallest absolute Gasteiger partial charge is 0.191 e. The van der Waals surface area contributed by atoms with Crippen molar-refractivity contribution in [1.82, 2.24) is 20.4 Å². The molecule has 0 aliphatic carbocycles. The van der Waals surface area contributed by atoms with Gasteiger partial charge in [-0.2, -0.15) is 5.10 Å². The molecule has 1 aromatic carbocycles. The summed E-state index contributed by atoms with van der Waals surface area (Å²) in [6.07, 6.45) is 0.871. The highest BCUT2D eigenvalue weighted by Crippen LogP contribution is 2.12. The van der Waals surface area contributed by atoms with Crippen LogP contribution in [-0.4, -0.2) is 28.8 Å². The number of benzene rings is 1. The minimum atomic E-state index is -0.223. The van der Waals surface area contributed by atoms with Crippen LogP contribution >= 0.6 is 0 Å². The Morgan fingerprint density at radius 3 is 2.62 bits per heavy atom. The fourth-order valence-electron chi connectivity index (χ4n) is 2.62. The lowest BCUT2D eigenvalue weighted by Crippen LogP contribution is -2.38. The van der Waals surface area contributed by atoms with E-state index in [1.165, 1.54) is 17.3 Å². The van der Waals surface area contributed by atoms with Gasteiger partial charge in [-0.25, -0.2) is 9.38 Å². The van der Waals surface area contributed by atoms with Gasteiger partial charge in [-0.15, -0.1) is 0 Å². The van der Waals surface area contributed by atoms with Crippen molar-refractivity contribution in [1.29, 1.82) is 0 Å². The van der Waals surface area contributed by atoms with Gasteiger partial charge in [0.25, 0.3) is 0 Å². The number of aliphatic imine (C=N–C) groups is 1. The average molecular weight is 331 g/mol. The van der Waals surface area contributed by atoms with Crippen LogP contribution in [0.25, 0.3) is 0 Å². The summed E-state index contributed by atoms with van der Waals surface area (Å²) in [5, 5.41) is 10.9. The minimum absolute atomic E-state index is 0.223. The first-order chi connectivity index (χ1) is 11.5. The van der Waals surface area contributed by atoms with E-state index in [0.29, 0.717) is 18.1 Å². The number of rotatable bonds is 6. The molecule has 0 fully saturated rings. The molecule has 0 saturated carbocycles. The highest BCUT2D eigenvalue weighted by atomic mass is 19.1. The molecular weight excluding hydrogens is 305 g/mol. The highest BCUT2D eigenvalue weighted by Gasteiger charge is 2.09. The van der Waals surface area contributed by atoms with E-state index >= 15 is 0 Å². The number of guanidine groups is 1. The number of aryl methyl sites for hydroxylation is 2. The Morgan fingerprint density at radius 1 is 1.25 bits per heavy atom. The summed E-state index contributed by atoms with van der Waals surface area (Å²) >= 11 is 0. The van der Waals surface area contributed by atoms with Crippen LogP contribution in [0.1, 0.15) is 29.4 Å². The van der Waals surface area contributed by atoms with E-state index in [4.69, 9.17) is 0 Å². The van der Waals surface area contributed by atoms with E-state index in [-0.39, 0.29) is 5.82 Å². The molecular formula is C18H26FN5. The summed E-state index contributed by atoms with van der Waals surface area (Å²) in [5.41, 5.74) is 4.09. The van der Waals surface area contributed by atoms with E-state index < -0.39 is 0 Å². The van der Waals surface area contributed by atoms with Gasteiger partial charge in [-0.3, -0.25) is 4.68 Å². The largest absolute Gasteiger partial charge is 0.357 e. The molecule has 0 bridgehead atoms. The van der Waals surface area contributed by atoms with Gasteiger partial charge >= 0.3 is 0 Å². The summed E-state index contributed by atoms with van der Waals surface area (Å²) < 4.78 is 15.6. The summed E-state index contributed by atoms with van der Waals surface area (Å²) in [4.78, 5) is 4.46. The van der Waals surface area contributed by atoms with Crippen molar-refractivity contribution in [2.75, 3.05) is 13.1 Å². The predicted octanol–water partition coefficient (Wildman–Crippen LogP) is 2.47. The van der Waals surface area contributed by atoms with Crippen molar-refractivity contribution in [3.63, 3.8) is 0 Å². The van der Waals surface area contributed by atoms with Crippen LogP contribution in [0.4, 0.5) is 4.39 Å². The summed E-state index contributed by atoms with van der Waals surface area (Å²) in [7, 11) is 1.96. The number of nitrogens with zero attached hydrogens (tertiary/aromatic N) is 3. The lowest BCUT2D eigenvalue weighted by atomic mass is 10.1. The number of nitrogens with one attached hydrogen (secondary N) is 2. The van der Waals surface area contributed by atoms with E-state index in [2.05, 4.69) is 27.6 Å².